The molecule has 0 saturated carbocycles. The predicted octanol–water partition coefficient (Wildman–Crippen LogP) is 2.49. The molecule has 0 amide bonds. The summed E-state index contributed by atoms with van der Waals surface area (Å²) in [6.45, 7) is 12.3. The molecule has 1 fully saturated rings. The van der Waals surface area contributed by atoms with Crippen molar-refractivity contribution in [1.82, 2.24) is 4.98 Å². The van der Waals surface area contributed by atoms with E-state index >= 15 is 0 Å². The van der Waals surface area contributed by atoms with E-state index in [-0.39, 0.29) is 24.2 Å². The van der Waals surface area contributed by atoms with E-state index in [0.717, 1.165) is 30.2 Å². The number of ether oxygens (including phenoxy) is 1. The minimum atomic E-state index is -0.0244. The molecule has 2 rings (SSSR count). The third-order valence-corrected chi connectivity index (χ3v) is 3.57. The van der Waals surface area contributed by atoms with Gasteiger partial charge in [0, 0.05) is 24.2 Å². The number of aromatic nitrogens is 1. The first-order valence-electron chi connectivity index (χ1n) is 7.32. The SMILES string of the molecule is CC1CN(c2cc(CO)cc(C(C)(C)C)n2)CC(C)O1. The van der Waals surface area contributed by atoms with Gasteiger partial charge < -0.3 is 14.7 Å². The van der Waals surface area contributed by atoms with E-state index in [1.54, 1.807) is 0 Å². The van der Waals surface area contributed by atoms with Crippen molar-refractivity contribution in [2.45, 2.75) is 58.8 Å². The highest BCUT2D eigenvalue weighted by atomic mass is 16.5. The second kappa shape index (κ2) is 5.70. The fourth-order valence-electron chi connectivity index (χ4n) is 2.57. The van der Waals surface area contributed by atoms with Gasteiger partial charge in [-0.15, -0.1) is 0 Å². The van der Waals surface area contributed by atoms with Gasteiger partial charge in [0.15, 0.2) is 0 Å². The van der Waals surface area contributed by atoms with Gasteiger partial charge in [0.2, 0.25) is 0 Å². The van der Waals surface area contributed by atoms with Gasteiger partial charge in [-0.1, -0.05) is 20.8 Å². The van der Waals surface area contributed by atoms with Crippen molar-refractivity contribution in [3.63, 3.8) is 0 Å². The zero-order chi connectivity index (χ0) is 14.9. The Bertz CT molecular complexity index is 458. The lowest BCUT2D eigenvalue weighted by Crippen LogP contribution is -2.46. The molecule has 1 saturated heterocycles. The van der Waals surface area contributed by atoms with E-state index in [9.17, 15) is 5.11 Å². The molecule has 2 atom stereocenters. The standard InChI is InChI=1S/C16H26N2O2/c1-11-8-18(9-12(2)20-11)15-7-13(10-19)6-14(17-15)16(3,4)5/h6-7,11-12,19H,8-10H2,1-5H3. The van der Waals surface area contributed by atoms with Crippen molar-refractivity contribution >= 4 is 5.82 Å². The average molecular weight is 278 g/mol. The molecular formula is C16H26N2O2. The van der Waals surface area contributed by atoms with Gasteiger partial charge in [-0.2, -0.15) is 0 Å². The maximum Gasteiger partial charge on any atom is 0.129 e. The molecule has 1 aliphatic rings. The monoisotopic (exact) mass is 278 g/mol. The van der Waals surface area contributed by atoms with Gasteiger partial charge in [0.05, 0.1) is 18.8 Å². The molecule has 0 bridgehead atoms. The largest absolute Gasteiger partial charge is 0.392 e. The average Bonchev–Trinajstić information content (AvgIpc) is 2.36. The summed E-state index contributed by atoms with van der Waals surface area (Å²) in [6, 6.07) is 3.98. The number of pyridine rings is 1. The summed E-state index contributed by atoms with van der Waals surface area (Å²) in [5.41, 5.74) is 1.92. The van der Waals surface area contributed by atoms with E-state index in [0.29, 0.717) is 0 Å². The van der Waals surface area contributed by atoms with Crippen LogP contribution in [0.3, 0.4) is 0 Å². The van der Waals surface area contributed by atoms with E-state index in [2.05, 4.69) is 39.5 Å². The molecule has 1 N–H and O–H groups in total. The molecule has 0 radical (unpaired) electrons. The van der Waals surface area contributed by atoms with Crippen molar-refractivity contribution in [3.8, 4) is 0 Å². The molecule has 112 valence electrons. The minimum Gasteiger partial charge on any atom is -0.392 e. The molecule has 1 aliphatic heterocycles. The first-order chi connectivity index (χ1) is 9.29. The zero-order valence-corrected chi connectivity index (χ0v) is 13.2. The molecule has 4 nitrogen and oxygen atoms in total. The first-order valence-corrected chi connectivity index (χ1v) is 7.32. The van der Waals surface area contributed by atoms with E-state index in [1.165, 1.54) is 0 Å². The van der Waals surface area contributed by atoms with E-state index in [4.69, 9.17) is 9.72 Å². The van der Waals surface area contributed by atoms with Crippen molar-refractivity contribution in [3.05, 3.63) is 23.4 Å². The Morgan fingerprint density at radius 1 is 1.25 bits per heavy atom. The molecule has 0 aromatic carbocycles. The van der Waals surface area contributed by atoms with Crippen LogP contribution in [-0.2, 0) is 16.8 Å². The Morgan fingerprint density at radius 2 is 1.85 bits per heavy atom. The first kappa shape index (κ1) is 15.3. The Morgan fingerprint density at radius 3 is 2.35 bits per heavy atom. The number of morpholine rings is 1. The Labute approximate surface area is 121 Å². The number of nitrogens with zero attached hydrogens (tertiary/aromatic N) is 2. The molecule has 20 heavy (non-hydrogen) atoms. The number of hydrogen-bond donors (Lipinski definition) is 1. The third kappa shape index (κ3) is 3.49. The van der Waals surface area contributed by atoms with Crippen LogP contribution < -0.4 is 4.90 Å². The summed E-state index contributed by atoms with van der Waals surface area (Å²) >= 11 is 0. The molecule has 0 aliphatic carbocycles. The lowest BCUT2D eigenvalue weighted by molar-refractivity contribution is -0.00548. The third-order valence-electron chi connectivity index (χ3n) is 3.57. The summed E-state index contributed by atoms with van der Waals surface area (Å²) < 4.78 is 5.77. The van der Waals surface area contributed by atoms with Crippen molar-refractivity contribution in [2.24, 2.45) is 0 Å². The zero-order valence-electron chi connectivity index (χ0n) is 13.2. The van der Waals surface area contributed by atoms with Crippen molar-refractivity contribution < 1.29 is 9.84 Å². The molecule has 1 aromatic heterocycles. The number of rotatable bonds is 2. The van der Waals surface area contributed by atoms with Crippen LogP contribution in [0.5, 0.6) is 0 Å². The highest BCUT2D eigenvalue weighted by Gasteiger charge is 2.25. The number of aliphatic hydroxyl groups is 1. The van der Waals surface area contributed by atoms with Gasteiger partial charge in [-0.3, -0.25) is 0 Å². The molecule has 1 aromatic rings. The lowest BCUT2D eigenvalue weighted by Gasteiger charge is -2.36. The fourth-order valence-corrected chi connectivity index (χ4v) is 2.57. The van der Waals surface area contributed by atoms with Gasteiger partial charge >= 0.3 is 0 Å². The summed E-state index contributed by atoms with van der Waals surface area (Å²) in [4.78, 5) is 7.06. The second-order valence-corrected chi connectivity index (χ2v) is 6.79. The maximum atomic E-state index is 9.48. The Balaban J connectivity index is 2.35. The summed E-state index contributed by atoms with van der Waals surface area (Å²) in [5.74, 6) is 0.948. The predicted molar refractivity (Wildman–Crippen MR) is 81.1 cm³/mol. The fraction of sp³-hybridized carbons (Fsp3) is 0.688. The molecule has 4 heteroatoms. The van der Waals surface area contributed by atoms with Gasteiger partial charge in [-0.25, -0.2) is 4.98 Å². The van der Waals surface area contributed by atoms with Crippen LogP contribution in [0.25, 0.3) is 0 Å². The van der Waals surface area contributed by atoms with Crippen LogP contribution in [-0.4, -0.2) is 35.4 Å². The Kier molecular flexibility index (Phi) is 4.35. The van der Waals surface area contributed by atoms with Crippen LogP contribution in [0.4, 0.5) is 5.82 Å². The van der Waals surface area contributed by atoms with Crippen LogP contribution in [0.1, 0.15) is 45.9 Å². The van der Waals surface area contributed by atoms with Crippen LogP contribution in [0.2, 0.25) is 0 Å². The maximum absolute atomic E-state index is 9.48. The highest BCUT2D eigenvalue weighted by Crippen LogP contribution is 2.26. The number of hydrogen-bond acceptors (Lipinski definition) is 4. The second-order valence-electron chi connectivity index (χ2n) is 6.79. The normalized spacial score (nSPS) is 24.0. The number of aliphatic hydroxyl groups excluding tert-OH is 1. The van der Waals surface area contributed by atoms with E-state index < -0.39 is 0 Å². The molecule has 2 unspecified atom stereocenters. The van der Waals surface area contributed by atoms with Crippen molar-refractivity contribution in [1.29, 1.82) is 0 Å². The van der Waals surface area contributed by atoms with Gasteiger partial charge in [0.25, 0.3) is 0 Å². The summed E-state index contributed by atoms with van der Waals surface area (Å²) in [7, 11) is 0. The van der Waals surface area contributed by atoms with Gasteiger partial charge in [0.1, 0.15) is 5.82 Å². The van der Waals surface area contributed by atoms with Crippen molar-refractivity contribution in [2.75, 3.05) is 18.0 Å². The highest BCUT2D eigenvalue weighted by molar-refractivity contribution is 5.44. The Hall–Kier alpha value is -1.13. The topological polar surface area (TPSA) is 45.6 Å². The number of anilines is 1. The van der Waals surface area contributed by atoms with Gasteiger partial charge in [-0.05, 0) is 31.5 Å². The summed E-state index contributed by atoms with van der Waals surface area (Å²) in [5, 5.41) is 9.48. The minimum absolute atomic E-state index is 0.0244. The molecule has 2 heterocycles. The van der Waals surface area contributed by atoms with E-state index in [1.807, 2.05) is 12.1 Å². The van der Waals surface area contributed by atoms with Crippen LogP contribution in [0, 0.1) is 0 Å². The smallest absolute Gasteiger partial charge is 0.129 e. The molecule has 0 spiro atoms. The van der Waals surface area contributed by atoms with Crippen LogP contribution in [0.15, 0.2) is 12.1 Å². The lowest BCUT2D eigenvalue weighted by atomic mass is 9.90. The summed E-state index contributed by atoms with van der Waals surface area (Å²) in [6.07, 6.45) is 0.410. The van der Waals surface area contributed by atoms with Crippen LogP contribution >= 0.6 is 0 Å². The molecular weight excluding hydrogens is 252 g/mol. The quantitative estimate of drug-likeness (QED) is 0.903.